The molecule has 14 heavy (non-hydrogen) atoms. The molecule has 0 spiro atoms. The van der Waals surface area contributed by atoms with Crippen molar-refractivity contribution in [2.24, 2.45) is 10.8 Å². The van der Waals surface area contributed by atoms with Crippen LogP contribution in [0, 0.1) is 5.82 Å². The number of hydrogen-bond acceptors (Lipinski definition) is 3. The average Bonchev–Trinajstić information content (AvgIpc) is 2.10. The van der Waals surface area contributed by atoms with Crippen LogP contribution >= 0.6 is 12.2 Å². The molecule has 0 atom stereocenters. The van der Waals surface area contributed by atoms with Crippen LogP contribution in [0.3, 0.4) is 0 Å². The van der Waals surface area contributed by atoms with Crippen LogP contribution in [0.25, 0.3) is 0 Å². The van der Waals surface area contributed by atoms with Gasteiger partial charge in [0.05, 0.1) is 6.21 Å². The van der Waals surface area contributed by atoms with Crippen molar-refractivity contribution in [3.8, 4) is 5.75 Å². The van der Waals surface area contributed by atoms with E-state index < -0.39 is 5.82 Å². The fraction of sp³-hybridized carbons (Fsp3) is 0. The third kappa shape index (κ3) is 2.98. The monoisotopic (exact) mass is 213 g/mol. The maximum Gasteiger partial charge on any atom is 0.184 e. The van der Waals surface area contributed by atoms with Crippen molar-refractivity contribution in [1.29, 1.82) is 0 Å². The summed E-state index contributed by atoms with van der Waals surface area (Å²) < 4.78 is 12.7. The minimum absolute atomic E-state index is 0.00265. The Bertz CT molecular complexity index is 381. The molecule has 74 valence electrons. The first kappa shape index (κ1) is 10.4. The van der Waals surface area contributed by atoms with Crippen molar-refractivity contribution < 1.29 is 9.50 Å². The number of nitrogens with one attached hydrogen (secondary N) is 1. The van der Waals surface area contributed by atoms with Gasteiger partial charge in [0.2, 0.25) is 0 Å². The van der Waals surface area contributed by atoms with E-state index in [9.17, 15) is 9.50 Å². The van der Waals surface area contributed by atoms with Gasteiger partial charge in [-0.25, -0.2) is 4.39 Å². The van der Waals surface area contributed by atoms with Crippen molar-refractivity contribution in [2.45, 2.75) is 0 Å². The average molecular weight is 213 g/mol. The standard InChI is InChI=1S/C8H8FN3OS/c9-6-1-2-7(13)5(3-6)4-11-12-8(10)14/h1-4,13H,(H3,10,12,14)/b11-4+. The van der Waals surface area contributed by atoms with Gasteiger partial charge >= 0.3 is 0 Å². The van der Waals surface area contributed by atoms with E-state index in [1.807, 2.05) is 0 Å². The second-order valence-corrected chi connectivity index (χ2v) is 2.88. The first-order chi connectivity index (χ1) is 6.59. The molecule has 0 aliphatic rings. The molecule has 0 unspecified atom stereocenters. The maximum absolute atomic E-state index is 12.7. The van der Waals surface area contributed by atoms with E-state index in [1.54, 1.807) is 0 Å². The number of hydrogen-bond donors (Lipinski definition) is 3. The van der Waals surface area contributed by atoms with Gasteiger partial charge in [-0.15, -0.1) is 0 Å². The molecule has 0 heterocycles. The summed E-state index contributed by atoms with van der Waals surface area (Å²) >= 11 is 4.49. The molecule has 0 aromatic heterocycles. The molecule has 6 heteroatoms. The number of halogens is 1. The quantitative estimate of drug-likeness (QED) is 0.384. The Morgan fingerprint density at radius 1 is 1.64 bits per heavy atom. The van der Waals surface area contributed by atoms with Gasteiger partial charge in [-0.1, -0.05) is 0 Å². The lowest BCUT2D eigenvalue weighted by molar-refractivity contribution is 0.472. The van der Waals surface area contributed by atoms with Crippen molar-refractivity contribution >= 4 is 23.5 Å². The number of phenols is 1. The van der Waals surface area contributed by atoms with E-state index in [4.69, 9.17) is 5.73 Å². The van der Waals surface area contributed by atoms with Gasteiger partial charge < -0.3 is 10.8 Å². The summed E-state index contributed by atoms with van der Waals surface area (Å²) in [5, 5.41) is 12.8. The van der Waals surface area contributed by atoms with Crippen molar-refractivity contribution in [1.82, 2.24) is 5.43 Å². The van der Waals surface area contributed by atoms with Crippen LogP contribution in [0.4, 0.5) is 4.39 Å². The zero-order valence-corrected chi connectivity index (χ0v) is 7.88. The third-order valence-electron chi connectivity index (χ3n) is 1.37. The number of aromatic hydroxyl groups is 1. The zero-order valence-electron chi connectivity index (χ0n) is 7.07. The van der Waals surface area contributed by atoms with Gasteiger partial charge in [-0.05, 0) is 30.4 Å². The fourth-order valence-electron chi connectivity index (χ4n) is 0.794. The third-order valence-corrected chi connectivity index (χ3v) is 1.46. The minimum Gasteiger partial charge on any atom is -0.507 e. The van der Waals surface area contributed by atoms with Crippen LogP contribution in [-0.2, 0) is 0 Å². The zero-order chi connectivity index (χ0) is 10.6. The summed E-state index contributed by atoms with van der Waals surface area (Å²) in [6.45, 7) is 0. The minimum atomic E-state index is -0.459. The SMILES string of the molecule is NC(=S)N/N=C/c1cc(F)ccc1O. The Kier molecular flexibility index (Phi) is 3.35. The predicted molar refractivity (Wildman–Crippen MR) is 55.6 cm³/mol. The lowest BCUT2D eigenvalue weighted by Crippen LogP contribution is -2.23. The molecule has 0 aliphatic heterocycles. The van der Waals surface area contributed by atoms with Crippen molar-refractivity contribution in [3.05, 3.63) is 29.6 Å². The Morgan fingerprint density at radius 2 is 2.36 bits per heavy atom. The first-order valence-electron chi connectivity index (χ1n) is 3.66. The van der Waals surface area contributed by atoms with E-state index in [0.29, 0.717) is 0 Å². The van der Waals surface area contributed by atoms with Gasteiger partial charge in [0, 0.05) is 5.56 Å². The molecule has 1 rings (SSSR count). The highest BCUT2D eigenvalue weighted by atomic mass is 32.1. The predicted octanol–water partition coefficient (Wildman–Crippen LogP) is 0.698. The Morgan fingerprint density at radius 3 is 3.00 bits per heavy atom. The Hall–Kier alpha value is -1.69. The second kappa shape index (κ2) is 4.52. The normalized spacial score (nSPS) is 10.4. The molecule has 0 saturated carbocycles. The second-order valence-electron chi connectivity index (χ2n) is 2.44. The van der Waals surface area contributed by atoms with Gasteiger partial charge in [0.15, 0.2) is 5.11 Å². The van der Waals surface area contributed by atoms with Crippen LogP contribution in [0.15, 0.2) is 23.3 Å². The number of hydrazone groups is 1. The van der Waals surface area contributed by atoms with Gasteiger partial charge in [0.25, 0.3) is 0 Å². The van der Waals surface area contributed by atoms with Crippen LogP contribution in [-0.4, -0.2) is 16.4 Å². The fourth-order valence-corrected chi connectivity index (χ4v) is 0.847. The molecule has 4 N–H and O–H groups in total. The van der Waals surface area contributed by atoms with Crippen LogP contribution in [0.1, 0.15) is 5.56 Å². The van der Waals surface area contributed by atoms with Gasteiger partial charge in [-0.3, -0.25) is 5.43 Å². The van der Waals surface area contributed by atoms with E-state index in [1.165, 1.54) is 12.3 Å². The maximum atomic E-state index is 12.7. The number of benzene rings is 1. The summed E-state index contributed by atoms with van der Waals surface area (Å²) in [7, 11) is 0. The smallest absolute Gasteiger partial charge is 0.184 e. The molecular formula is C8H8FN3OS. The number of nitrogens with two attached hydrogens (primary N) is 1. The van der Waals surface area contributed by atoms with Gasteiger partial charge in [-0.2, -0.15) is 5.10 Å². The molecule has 4 nitrogen and oxygen atoms in total. The summed E-state index contributed by atoms with van der Waals surface area (Å²) in [6.07, 6.45) is 1.22. The highest BCUT2D eigenvalue weighted by molar-refractivity contribution is 7.80. The highest BCUT2D eigenvalue weighted by Gasteiger charge is 1.99. The molecule has 0 saturated heterocycles. The summed E-state index contributed by atoms with van der Waals surface area (Å²) in [5.74, 6) is -0.528. The number of rotatable bonds is 2. The van der Waals surface area contributed by atoms with E-state index in [-0.39, 0.29) is 16.4 Å². The molecule has 1 aromatic carbocycles. The molecule has 0 radical (unpaired) electrons. The van der Waals surface area contributed by atoms with Crippen LogP contribution < -0.4 is 11.2 Å². The van der Waals surface area contributed by atoms with Crippen molar-refractivity contribution in [2.75, 3.05) is 0 Å². The summed E-state index contributed by atoms with van der Waals surface area (Å²) in [5.41, 5.74) is 7.62. The Balaban J connectivity index is 2.80. The number of nitrogens with zero attached hydrogens (tertiary/aromatic N) is 1. The molecular weight excluding hydrogens is 205 g/mol. The molecule has 0 bridgehead atoms. The highest BCUT2D eigenvalue weighted by Crippen LogP contribution is 2.15. The first-order valence-corrected chi connectivity index (χ1v) is 4.07. The topological polar surface area (TPSA) is 70.6 Å². The molecule has 1 aromatic rings. The van der Waals surface area contributed by atoms with E-state index in [2.05, 4.69) is 22.7 Å². The van der Waals surface area contributed by atoms with E-state index in [0.717, 1.165) is 12.1 Å². The largest absolute Gasteiger partial charge is 0.507 e. The number of thiocarbonyl (C=S) groups is 1. The lowest BCUT2D eigenvalue weighted by Gasteiger charge is -1.98. The molecule has 0 amide bonds. The summed E-state index contributed by atoms with van der Waals surface area (Å²) in [6, 6.07) is 3.52. The van der Waals surface area contributed by atoms with Crippen molar-refractivity contribution in [3.63, 3.8) is 0 Å². The van der Waals surface area contributed by atoms with Crippen LogP contribution in [0.2, 0.25) is 0 Å². The van der Waals surface area contributed by atoms with Crippen LogP contribution in [0.5, 0.6) is 5.75 Å². The number of phenolic OH excluding ortho intramolecular Hbond substituents is 1. The summed E-state index contributed by atoms with van der Waals surface area (Å²) in [4.78, 5) is 0. The van der Waals surface area contributed by atoms with E-state index >= 15 is 0 Å². The molecule has 0 fully saturated rings. The molecule has 0 aliphatic carbocycles. The van der Waals surface area contributed by atoms with Gasteiger partial charge in [0.1, 0.15) is 11.6 Å². The lowest BCUT2D eigenvalue weighted by atomic mass is 10.2. The Labute approximate surface area is 85.2 Å².